The molecule has 2 atom stereocenters. The number of carbonyl (C=O) groups is 1. The van der Waals surface area contributed by atoms with E-state index in [0.29, 0.717) is 65.5 Å². The third-order valence-electron chi connectivity index (χ3n) is 12.8. The van der Waals surface area contributed by atoms with Crippen LogP contribution in [0.4, 0.5) is 4.39 Å². The van der Waals surface area contributed by atoms with Gasteiger partial charge < -0.3 is 28.1 Å². The Hall–Kier alpha value is -5.85. The summed E-state index contributed by atoms with van der Waals surface area (Å²) >= 11 is 16.0. The van der Waals surface area contributed by atoms with Crippen LogP contribution in [0.1, 0.15) is 69.4 Å². The maximum Gasteiger partial charge on any atom is 0.348 e. The molecule has 0 aliphatic carbocycles. The minimum atomic E-state index is -4.06. The fourth-order valence-electron chi connectivity index (χ4n) is 8.00. The van der Waals surface area contributed by atoms with E-state index in [0.717, 1.165) is 5.56 Å². The summed E-state index contributed by atoms with van der Waals surface area (Å²) in [6, 6.07) is 30.1. The highest BCUT2D eigenvalue weighted by Crippen LogP contribution is 2.53. The maximum absolute atomic E-state index is 14.6. The van der Waals surface area contributed by atoms with E-state index < -0.39 is 54.6 Å². The summed E-state index contributed by atoms with van der Waals surface area (Å²) in [7, 11) is -6.39. The van der Waals surface area contributed by atoms with Gasteiger partial charge in [-0.15, -0.1) is 17.9 Å². The second kappa shape index (κ2) is 24.9. The van der Waals surface area contributed by atoms with Crippen LogP contribution >= 0.6 is 34.5 Å². The topological polar surface area (TPSA) is 142 Å². The molecule has 0 N–H and O–H groups in total. The highest BCUT2D eigenvalue weighted by atomic mass is 35.5. The van der Waals surface area contributed by atoms with Crippen molar-refractivity contribution in [2.45, 2.75) is 110 Å². The number of halogens is 3. The highest BCUT2D eigenvalue weighted by molar-refractivity contribution is 7.85. The Kier molecular flexibility index (Phi) is 19.0. The van der Waals surface area contributed by atoms with Gasteiger partial charge in [-0.05, 0) is 116 Å². The molecular formula is C59H65Cl2FN2O10S2Si. The summed E-state index contributed by atoms with van der Waals surface area (Å²) in [6.45, 7) is 23.3. The Morgan fingerprint density at radius 2 is 1.47 bits per heavy atom. The van der Waals surface area contributed by atoms with Crippen molar-refractivity contribution in [3.05, 3.63) is 166 Å². The van der Waals surface area contributed by atoms with Gasteiger partial charge in [0.1, 0.15) is 59.1 Å². The average Bonchev–Trinajstić information content (AvgIpc) is 3.75. The van der Waals surface area contributed by atoms with Crippen LogP contribution in [0.2, 0.25) is 28.2 Å². The number of thiophene rings is 1. The first kappa shape index (κ1) is 58.8. The van der Waals surface area contributed by atoms with Crippen molar-refractivity contribution < 1.29 is 49.9 Å². The third kappa shape index (κ3) is 15.0. The third-order valence-corrected chi connectivity index (χ3v) is 20.4. The summed E-state index contributed by atoms with van der Waals surface area (Å²) in [5, 5.41) is 0.524. The molecule has 7 rings (SSSR count). The van der Waals surface area contributed by atoms with Crippen LogP contribution in [0.3, 0.4) is 0 Å². The molecule has 7 aromatic rings. The van der Waals surface area contributed by atoms with Crippen LogP contribution in [0.25, 0.3) is 31.8 Å². The van der Waals surface area contributed by atoms with Gasteiger partial charge in [-0.1, -0.05) is 123 Å². The van der Waals surface area contributed by atoms with E-state index in [4.69, 9.17) is 65.5 Å². The van der Waals surface area contributed by atoms with E-state index >= 15 is 0 Å². The van der Waals surface area contributed by atoms with E-state index in [-0.39, 0.29) is 58.7 Å². The summed E-state index contributed by atoms with van der Waals surface area (Å²) in [5.41, 5.74) is 3.97. The predicted octanol–water partition coefficient (Wildman–Crippen LogP) is 14.9. The number of carbonyl (C=O) groups excluding carboxylic acids is 1. The van der Waals surface area contributed by atoms with Gasteiger partial charge in [-0.2, -0.15) is 8.42 Å². The second-order valence-corrected chi connectivity index (χ2v) is 29.2. The molecule has 2 aromatic heterocycles. The number of benzene rings is 5. The molecule has 0 saturated carbocycles. The number of rotatable bonds is 23. The lowest BCUT2D eigenvalue weighted by atomic mass is 9.92. The predicted molar refractivity (Wildman–Crippen MR) is 307 cm³/mol. The average molecular weight is 1140 g/mol. The fourth-order valence-corrected chi connectivity index (χ4v) is 11.7. The molecular weight excluding hydrogens is 1080 g/mol. The summed E-state index contributed by atoms with van der Waals surface area (Å²) in [5.74, 6) is -0.199. The Labute approximate surface area is 466 Å². The van der Waals surface area contributed by atoms with Crippen LogP contribution in [-0.2, 0) is 47.4 Å². The summed E-state index contributed by atoms with van der Waals surface area (Å²) in [4.78, 5) is 25.2. The number of nitrogens with zero attached hydrogens (tertiary/aromatic N) is 2. The Morgan fingerprint density at radius 3 is 2.08 bits per heavy atom. The van der Waals surface area contributed by atoms with Crippen molar-refractivity contribution in [3.63, 3.8) is 0 Å². The van der Waals surface area contributed by atoms with Gasteiger partial charge in [0.15, 0.2) is 5.75 Å². The van der Waals surface area contributed by atoms with Crippen molar-refractivity contribution >= 4 is 69.2 Å². The molecule has 77 heavy (non-hydrogen) atoms. The minimum Gasteiger partial charge on any atom is -0.543 e. The molecule has 0 spiro atoms. The fraction of sp³-hybridized carbons (Fsp3) is 0.339. The van der Waals surface area contributed by atoms with Crippen molar-refractivity contribution in [3.8, 4) is 44.7 Å². The Bertz CT molecular complexity index is 3280. The molecule has 5 aromatic carbocycles. The van der Waals surface area contributed by atoms with E-state index in [2.05, 4.69) is 40.4 Å². The Balaban J connectivity index is 1.35. The Morgan fingerprint density at radius 1 is 0.831 bits per heavy atom. The monoisotopic (exact) mass is 1140 g/mol. The van der Waals surface area contributed by atoms with Crippen molar-refractivity contribution in [2.24, 2.45) is 0 Å². The second-order valence-electron chi connectivity index (χ2n) is 21.0. The largest absolute Gasteiger partial charge is 0.543 e. The lowest BCUT2D eigenvalue weighted by Gasteiger charge is -2.36. The van der Waals surface area contributed by atoms with Crippen molar-refractivity contribution in [1.29, 1.82) is 0 Å². The van der Waals surface area contributed by atoms with E-state index in [9.17, 15) is 17.6 Å². The number of esters is 1. The van der Waals surface area contributed by atoms with E-state index in [1.807, 2.05) is 48.5 Å². The SMILES string of the molecule is C=CCOC[C@H](COS(=O)(=O)Cc1ccccc1)Oc1c(Cl)c(C)c(-c2c(-c3ccc(F)cc3)sc3ncnc(O[C@H](Cc4cc(O[Si](C)(C)C(C)(C)C)ccc4OCc4ccccc4)C(=O)OC(C)(C)C)c23)c(C)c1Cl. The van der Waals surface area contributed by atoms with Gasteiger partial charge in [-0.25, -0.2) is 19.2 Å². The summed E-state index contributed by atoms with van der Waals surface area (Å²) < 4.78 is 84.9. The number of hydrogen-bond acceptors (Lipinski definition) is 13. The van der Waals surface area contributed by atoms with Gasteiger partial charge in [0.05, 0.1) is 28.6 Å². The van der Waals surface area contributed by atoms with Crippen LogP contribution in [0.15, 0.2) is 122 Å². The number of hydrogen-bond donors (Lipinski definition) is 0. The molecule has 0 aliphatic heterocycles. The van der Waals surface area contributed by atoms with Gasteiger partial charge in [0, 0.05) is 22.4 Å². The molecule has 18 heteroatoms. The molecule has 0 bridgehead atoms. The minimum absolute atomic E-state index is 0.0276. The lowest BCUT2D eigenvalue weighted by Crippen LogP contribution is -2.43. The van der Waals surface area contributed by atoms with Crippen molar-refractivity contribution in [1.82, 2.24) is 9.97 Å². The number of aromatic nitrogens is 2. The van der Waals surface area contributed by atoms with E-state index in [1.54, 1.807) is 83.2 Å². The zero-order chi connectivity index (χ0) is 55.9. The molecule has 12 nitrogen and oxygen atoms in total. The van der Waals surface area contributed by atoms with Gasteiger partial charge in [0.25, 0.3) is 10.1 Å². The zero-order valence-corrected chi connectivity index (χ0v) is 49.1. The van der Waals surface area contributed by atoms with Crippen LogP contribution in [0, 0.1) is 19.7 Å². The smallest absolute Gasteiger partial charge is 0.348 e. The lowest BCUT2D eigenvalue weighted by molar-refractivity contribution is -0.163. The van der Waals surface area contributed by atoms with Gasteiger partial charge in [-0.3, -0.25) is 4.18 Å². The van der Waals surface area contributed by atoms with Gasteiger partial charge >= 0.3 is 5.97 Å². The number of ether oxygens (including phenoxy) is 5. The molecule has 0 saturated heterocycles. The first-order valence-corrected chi connectivity index (χ1v) is 31.1. The van der Waals surface area contributed by atoms with E-state index in [1.165, 1.54) is 29.8 Å². The van der Waals surface area contributed by atoms with Crippen LogP contribution in [-0.4, -0.2) is 70.3 Å². The number of fused-ring (bicyclic) bond motifs is 1. The normalized spacial score (nSPS) is 13.0. The first-order chi connectivity index (χ1) is 36.3. The molecule has 408 valence electrons. The van der Waals surface area contributed by atoms with Crippen LogP contribution < -0.4 is 18.6 Å². The van der Waals surface area contributed by atoms with Crippen molar-refractivity contribution in [2.75, 3.05) is 19.8 Å². The molecule has 0 amide bonds. The first-order valence-electron chi connectivity index (χ1n) is 25.0. The summed E-state index contributed by atoms with van der Waals surface area (Å²) in [6.07, 6.45) is 0.574. The molecule has 0 fully saturated rings. The molecule has 0 radical (unpaired) electrons. The standard InChI is InChI=1S/C59H65Cl2FN2O10S2Si/c1-12-29-68-33-45(34-70-76(66,67)35-40-21-17-14-18-22-40)71-53-51(60)37(2)48(38(3)52(53)61)49-50-55(63-36-64-56(50)75-54(49)41-23-25-43(62)26-24-41)72-47(57(65)73-58(4,5)6)31-42-30-44(74-77(10,11)59(7,8)9)27-28-46(42)69-32-39-19-15-13-16-20-39/h12-28,30,36,45,47H,1,29,31-35H2,2-11H3/t45-,47-/m1/s1. The maximum atomic E-state index is 14.6. The van der Waals surface area contributed by atoms with Crippen LogP contribution in [0.5, 0.6) is 23.1 Å². The molecule has 2 heterocycles. The molecule has 0 unspecified atom stereocenters. The quantitative estimate of drug-likeness (QED) is 0.0198. The highest BCUT2D eigenvalue weighted by Gasteiger charge is 2.40. The zero-order valence-electron chi connectivity index (χ0n) is 45.0. The van der Waals surface area contributed by atoms with Gasteiger partial charge in [0.2, 0.25) is 20.3 Å². The molecule has 0 aliphatic rings.